The normalized spacial score (nSPS) is 18.9. The van der Waals surface area contributed by atoms with Crippen molar-refractivity contribution in [3.63, 3.8) is 0 Å². The zero-order chi connectivity index (χ0) is 11.2. The molecule has 82 valence electrons. The smallest absolute Gasteiger partial charge is 0.475 e. The van der Waals surface area contributed by atoms with Gasteiger partial charge in [0.25, 0.3) is 0 Å². The topological polar surface area (TPSA) is 81.9 Å². The van der Waals surface area contributed by atoms with Crippen LogP contribution in [0.1, 0.15) is 6.42 Å². The minimum absolute atomic E-state index is 0.760. The Kier molecular flexibility index (Phi) is 4.92. The van der Waals surface area contributed by atoms with Crippen molar-refractivity contribution in [2.24, 2.45) is 5.16 Å². The molecule has 0 spiro atoms. The summed E-state index contributed by atoms with van der Waals surface area (Å²) >= 11 is 0. The number of halogens is 3. The van der Waals surface area contributed by atoms with Crippen LogP contribution in [0.2, 0.25) is 0 Å². The van der Waals surface area contributed by atoms with E-state index in [1.807, 2.05) is 0 Å². The second-order valence-corrected chi connectivity index (χ2v) is 2.40. The summed E-state index contributed by atoms with van der Waals surface area (Å²) in [5.74, 6) is -2.76. The number of carbonyl (C=O) groups is 1. The molecule has 0 aromatic carbocycles. The molecule has 1 rings (SSSR count). The molecule has 0 radical (unpaired) electrons. The van der Waals surface area contributed by atoms with Crippen LogP contribution >= 0.6 is 0 Å². The minimum atomic E-state index is -5.08. The predicted octanol–water partition coefficient (Wildman–Crippen LogP) is 0.443. The fraction of sp³-hybridized carbons (Fsp3) is 0.667. The molecule has 5 nitrogen and oxygen atoms in total. The molecule has 8 heteroatoms. The number of carboxylic acids is 1. The molecule has 0 aromatic heterocycles. The maximum atomic E-state index is 10.6. The van der Waals surface area contributed by atoms with E-state index in [-0.39, 0.29) is 0 Å². The van der Waals surface area contributed by atoms with Gasteiger partial charge in [0.15, 0.2) is 0 Å². The SMILES string of the molecule is O/N=C1/CCNC1.O=C(O)C(F)(F)F. The lowest BCUT2D eigenvalue weighted by molar-refractivity contribution is -0.192. The highest BCUT2D eigenvalue weighted by molar-refractivity contribution is 5.87. The average molecular weight is 214 g/mol. The fourth-order valence-corrected chi connectivity index (χ4v) is 0.639. The van der Waals surface area contributed by atoms with E-state index in [4.69, 9.17) is 15.1 Å². The molecule has 0 unspecified atom stereocenters. The van der Waals surface area contributed by atoms with Gasteiger partial charge in [-0.2, -0.15) is 13.2 Å². The van der Waals surface area contributed by atoms with E-state index in [2.05, 4.69) is 10.5 Å². The number of carboxylic acid groups (broad SMARTS) is 1. The molecule has 1 heterocycles. The van der Waals surface area contributed by atoms with Crippen LogP contribution in [0.5, 0.6) is 0 Å². The van der Waals surface area contributed by atoms with Crippen molar-refractivity contribution in [1.82, 2.24) is 5.32 Å². The van der Waals surface area contributed by atoms with Crippen LogP contribution in [0, 0.1) is 0 Å². The van der Waals surface area contributed by atoms with Crippen molar-refractivity contribution in [2.75, 3.05) is 13.1 Å². The molecule has 0 bridgehead atoms. The summed E-state index contributed by atoms with van der Waals surface area (Å²) in [4.78, 5) is 8.90. The third-order valence-corrected chi connectivity index (χ3v) is 1.30. The molecular formula is C6H9F3N2O3. The second kappa shape index (κ2) is 5.43. The van der Waals surface area contributed by atoms with E-state index >= 15 is 0 Å². The molecule has 1 aliphatic rings. The average Bonchev–Trinajstić information content (AvgIpc) is 2.54. The summed E-state index contributed by atoms with van der Waals surface area (Å²) in [7, 11) is 0. The Morgan fingerprint density at radius 1 is 1.50 bits per heavy atom. The third kappa shape index (κ3) is 5.36. The molecule has 0 atom stereocenters. The van der Waals surface area contributed by atoms with Gasteiger partial charge in [-0.25, -0.2) is 4.79 Å². The van der Waals surface area contributed by atoms with Crippen LogP contribution in [0.15, 0.2) is 5.16 Å². The Bertz CT molecular complexity index is 219. The molecule has 0 amide bonds. The zero-order valence-corrected chi connectivity index (χ0v) is 7.01. The summed E-state index contributed by atoms with van der Waals surface area (Å²) in [6.07, 6.45) is -4.18. The lowest BCUT2D eigenvalue weighted by Crippen LogP contribution is -2.21. The molecular weight excluding hydrogens is 205 g/mol. The van der Waals surface area contributed by atoms with Crippen LogP contribution in [-0.4, -0.2) is 41.3 Å². The third-order valence-electron chi connectivity index (χ3n) is 1.30. The minimum Gasteiger partial charge on any atom is -0.475 e. The second-order valence-electron chi connectivity index (χ2n) is 2.40. The van der Waals surface area contributed by atoms with E-state index in [9.17, 15) is 13.2 Å². The quantitative estimate of drug-likeness (QED) is 0.403. The standard InChI is InChI=1S/C4H8N2O.C2HF3O2/c7-6-4-1-2-5-3-4;3-2(4,5)1(6)7/h5,7H,1-3H2;(H,6,7)/b6-4-;. The van der Waals surface area contributed by atoms with E-state index in [1.54, 1.807) is 0 Å². The van der Waals surface area contributed by atoms with E-state index < -0.39 is 12.1 Å². The zero-order valence-electron chi connectivity index (χ0n) is 7.01. The van der Waals surface area contributed by atoms with Crippen molar-refractivity contribution in [2.45, 2.75) is 12.6 Å². The van der Waals surface area contributed by atoms with E-state index in [0.29, 0.717) is 0 Å². The monoisotopic (exact) mass is 214 g/mol. The first-order chi connectivity index (χ1) is 6.38. The highest BCUT2D eigenvalue weighted by Crippen LogP contribution is 2.13. The predicted molar refractivity (Wildman–Crippen MR) is 40.4 cm³/mol. The van der Waals surface area contributed by atoms with E-state index in [0.717, 1.165) is 25.2 Å². The number of nitrogens with zero attached hydrogens (tertiary/aromatic N) is 1. The van der Waals surface area contributed by atoms with Gasteiger partial charge in [-0.05, 0) is 0 Å². The molecule has 1 saturated heterocycles. The lowest BCUT2D eigenvalue weighted by atomic mass is 10.3. The molecule has 1 aliphatic heterocycles. The van der Waals surface area contributed by atoms with E-state index in [1.165, 1.54) is 0 Å². The van der Waals surface area contributed by atoms with Gasteiger partial charge in [-0.3, -0.25) is 0 Å². The first-order valence-corrected chi connectivity index (χ1v) is 3.58. The van der Waals surface area contributed by atoms with Crippen molar-refractivity contribution < 1.29 is 28.3 Å². The number of hydrogen-bond donors (Lipinski definition) is 3. The Labute approximate surface area is 77.2 Å². The summed E-state index contributed by atoms with van der Waals surface area (Å²) in [5.41, 5.74) is 0.861. The fourth-order valence-electron chi connectivity index (χ4n) is 0.639. The van der Waals surface area contributed by atoms with Gasteiger partial charge in [0.05, 0.1) is 5.71 Å². The summed E-state index contributed by atoms with van der Waals surface area (Å²) in [6, 6.07) is 0. The van der Waals surface area contributed by atoms with Crippen molar-refractivity contribution in [3.05, 3.63) is 0 Å². The number of nitrogens with one attached hydrogen (secondary N) is 1. The first-order valence-electron chi connectivity index (χ1n) is 3.58. The van der Waals surface area contributed by atoms with Crippen LogP contribution < -0.4 is 5.32 Å². The van der Waals surface area contributed by atoms with Crippen LogP contribution in [-0.2, 0) is 4.79 Å². The van der Waals surface area contributed by atoms with Gasteiger partial charge < -0.3 is 15.6 Å². The van der Waals surface area contributed by atoms with Crippen LogP contribution in [0.4, 0.5) is 13.2 Å². The van der Waals surface area contributed by atoms with Crippen molar-refractivity contribution in [1.29, 1.82) is 0 Å². The van der Waals surface area contributed by atoms with Gasteiger partial charge in [0.2, 0.25) is 0 Å². The highest BCUT2D eigenvalue weighted by Gasteiger charge is 2.38. The summed E-state index contributed by atoms with van der Waals surface area (Å²) in [6.45, 7) is 1.72. The number of alkyl halides is 3. The molecule has 0 aromatic rings. The number of oxime groups is 1. The van der Waals surface area contributed by atoms with Gasteiger partial charge in [-0.1, -0.05) is 5.16 Å². The lowest BCUT2D eigenvalue weighted by Gasteiger charge is -1.93. The molecule has 1 fully saturated rings. The van der Waals surface area contributed by atoms with Gasteiger partial charge >= 0.3 is 12.1 Å². The highest BCUT2D eigenvalue weighted by atomic mass is 19.4. The number of rotatable bonds is 0. The van der Waals surface area contributed by atoms with Crippen LogP contribution in [0.3, 0.4) is 0 Å². The maximum absolute atomic E-state index is 10.6. The summed E-state index contributed by atoms with van der Waals surface area (Å²) < 4.78 is 31.7. The Morgan fingerprint density at radius 3 is 2.14 bits per heavy atom. The maximum Gasteiger partial charge on any atom is 0.490 e. The number of hydrogen-bond acceptors (Lipinski definition) is 4. The summed E-state index contributed by atoms with van der Waals surface area (Å²) in [5, 5.41) is 21.3. The molecule has 3 N–H and O–H groups in total. The Balaban J connectivity index is 0.000000241. The van der Waals surface area contributed by atoms with Crippen molar-refractivity contribution >= 4 is 11.7 Å². The van der Waals surface area contributed by atoms with Gasteiger partial charge in [0.1, 0.15) is 0 Å². The van der Waals surface area contributed by atoms with Crippen LogP contribution in [0.25, 0.3) is 0 Å². The first kappa shape index (κ1) is 12.7. The Hall–Kier alpha value is -1.31. The number of aliphatic carboxylic acids is 1. The molecule has 14 heavy (non-hydrogen) atoms. The Morgan fingerprint density at radius 2 is 2.00 bits per heavy atom. The molecule has 0 saturated carbocycles. The largest absolute Gasteiger partial charge is 0.490 e. The molecule has 0 aliphatic carbocycles. The van der Waals surface area contributed by atoms with Gasteiger partial charge in [-0.15, -0.1) is 0 Å². The van der Waals surface area contributed by atoms with Crippen molar-refractivity contribution in [3.8, 4) is 0 Å². The van der Waals surface area contributed by atoms with Gasteiger partial charge in [0, 0.05) is 19.5 Å².